The van der Waals surface area contributed by atoms with Crippen molar-refractivity contribution in [2.24, 2.45) is 5.92 Å². The summed E-state index contributed by atoms with van der Waals surface area (Å²) < 4.78 is 3.59. The zero-order chi connectivity index (χ0) is 16.5. The van der Waals surface area contributed by atoms with E-state index in [4.69, 9.17) is 0 Å². The number of carbonyl (C=O) groups excluding carboxylic acids is 1. The SMILES string of the molecule is O=C(Cn1cc(C2CC2)nn1)N[C@@H]1CC(Cn2ccnc2)C[C@H]1O. The normalized spacial score (nSPS) is 26.6. The molecule has 3 atom stereocenters. The van der Waals surface area contributed by atoms with Crippen LogP contribution < -0.4 is 5.32 Å². The van der Waals surface area contributed by atoms with Crippen molar-refractivity contribution >= 4 is 5.91 Å². The molecule has 0 bridgehead atoms. The second kappa shape index (κ2) is 6.35. The first-order valence-electron chi connectivity index (χ1n) is 8.50. The average Bonchev–Trinajstić information content (AvgIpc) is 2.93. The Kier molecular flexibility index (Phi) is 4.05. The van der Waals surface area contributed by atoms with Crippen LogP contribution in [0.4, 0.5) is 0 Å². The molecular formula is C16H22N6O2. The van der Waals surface area contributed by atoms with Crippen LogP contribution in [0.5, 0.6) is 0 Å². The second-order valence-electron chi connectivity index (χ2n) is 6.95. The molecule has 0 saturated heterocycles. The lowest BCUT2D eigenvalue weighted by atomic mass is 10.1. The van der Waals surface area contributed by atoms with Gasteiger partial charge in [0.05, 0.1) is 24.2 Å². The fraction of sp³-hybridized carbons (Fsp3) is 0.625. The molecule has 2 N–H and O–H groups in total. The van der Waals surface area contributed by atoms with Crippen molar-refractivity contribution in [2.75, 3.05) is 0 Å². The third-order valence-corrected chi connectivity index (χ3v) is 4.86. The van der Waals surface area contributed by atoms with Crippen LogP contribution in [-0.4, -0.2) is 47.7 Å². The highest BCUT2D eigenvalue weighted by Crippen LogP contribution is 2.38. The van der Waals surface area contributed by atoms with Crippen molar-refractivity contribution in [1.29, 1.82) is 0 Å². The molecule has 2 aliphatic carbocycles. The number of aliphatic hydroxyl groups is 1. The van der Waals surface area contributed by atoms with Gasteiger partial charge in [-0.3, -0.25) is 4.79 Å². The number of nitrogens with zero attached hydrogens (tertiary/aromatic N) is 5. The van der Waals surface area contributed by atoms with Crippen LogP contribution in [0, 0.1) is 5.92 Å². The summed E-state index contributed by atoms with van der Waals surface area (Å²) in [4.78, 5) is 16.2. The lowest BCUT2D eigenvalue weighted by molar-refractivity contribution is -0.123. The molecule has 0 radical (unpaired) electrons. The zero-order valence-corrected chi connectivity index (χ0v) is 13.5. The predicted octanol–water partition coefficient (Wildman–Crippen LogP) is 0.308. The van der Waals surface area contributed by atoms with E-state index >= 15 is 0 Å². The zero-order valence-electron chi connectivity index (χ0n) is 13.5. The first-order valence-corrected chi connectivity index (χ1v) is 8.50. The lowest BCUT2D eigenvalue weighted by Crippen LogP contribution is -2.41. The summed E-state index contributed by atoms with van der Waals surface area (Å²) in [6.45, 7) is 0.965. The minimum absolute atomic E-state index is 0.130. The van der Waals surface area contributed by atoms with Crippen molar-refractivity contribution in [2.45, 2.75) is 56.8 Å². The molecule has 8 heteroatoms. The minimum atomic E-state index is -0.500. The summed E-state index contributed by atoms with van der Waals surface area (Å²) >= 11 is 0. The third-order valence-electron chi connectivity index (χ3n) is 4.86. The molecule has 1 amide bonds. The third kappa shape index (κ3) is 3.48. The molecule has 1 unspecified atom stereocenters. The van der Waals surface area contributed by atoms with Crippen LogP contribution in [0.1, 0.15) is 37.3 Å². The van der Waals surface area contributed by atoms with Crippen LogP contribution in [-0.2, 0) is 17.9 Å². The van der Waals surface area contributed by atoms with Crippen LogP contribution in [0.3, 0.4) is 0 Å². The summed E-state index contributed by atoms with van der Waals surface area (Å²) in [5.41, 5.74) is 0.976. The molecule has 2 heterocycles. The second-order valence-corrected chi connectivity index (χ2v) is 6.95. The van der Waals surface area contributed by atoms with Gasteiger partial charge >= 0.3 is 0 Å². The van der Waals surface area contributed by atoms with Gasteiger partial charge in [0.25, 0.3) is 0 Å². The maximum atomic E-state index is 12.2. The molecule has 2 aliphatic rings. The van der Waals surface area contributed by atoms with Gasteiger partial charge in [-0.05, 0) is 31.6 Å². The number of carbonyl (C=O) groups is 1. The number of rotatable bonds is 6. The number of imidazole rings is 1. The standard InChI is InChI=1S/C16H22N6O2/c23-15-6-11(7-21-4-3-17-10-21)5-13(15)18-16(24)9-22-8-14(19-20-22)12-1-2-12/h3-4,8,10-13,15,23H,1-2,5-7,9H2,(H,18,24)/t11?,13-,15-/m1/s1. The highest BCUT2D eigenvalue weighted by molar-refractivity contribution is 5.76. The summed E-state index contributed by atoms with van der Waals surface area (Å²) in [7, 11) is 0. The first kappa shape index (κ1) is 15.3. The first-order chi connectivity index (χ1) is 11.7. The van der Waals surface area contributed by atoms with Gasteiger partial charge in [-0.15, -0.1) is 5.10 Å². The van der Waals surface area contributed by atoms with E-state index in [1.54, 1.807) is 17.2 Å². The van der Waals surface area contributed by atoms with E-state index in [9.17, 15) is 9.90 Å². The Hall–Kier alpha value is -2.22. The van der Waals surface area contributed by atoms with Crippen molar-refractivity contribution in [3.8, 4) is 0 Å². The van der Waals surface area contributed by atoms with Gasteiger partial charge < -0.3 is 15.0 Å². The number of hydrogen-bond donors (Lipinski definition) is 2. The summed E-state index contributed by atoms with van der Waals surface area (Å²) in [6, 6.07) is -0.197. The smallest absolute Gasteiger partial charge is 0.242 e. The van der Waals surface area contributed by atoms with Gasteiger partial charge in [-0.1, -0.05) is 5.21 Å². The molecule has 8 nitrogen and oxygen atoms in total. The highest BCUT2D eigenvalue weighted by Gasteiger charge is 2.34. The van der Waals surface area contributed by atoms with Crippen LogP contribution in [0.15, 0.2) is 24.9 Å². The fourth-order valence-electron chi connectivity index (χ4n) is 3.47. The van der Waals surface area contributed by atoms with E-state index in [0.29, 0.717) is 18.3 Å². The molecule has 2 aromatic heterocycles. The number of aliphatic hydroxyl groups excluding tert-OH is 1. The van der Waals surface area contributed by atoms with Crippen molar-refractivity contribution in [3.63, 3.8) is 0 Å². The van der Waals surface area contributed by atoms with Gasteiger partial charge in [0.2, 0.25) is 5.91 Å². The van der Waals surface area contributed by atoms with Gasteiger partial charge in [0.15, 0.2) is 0 Å². The Morgan fingerprint density at radius 2 is 2.25 bits per heavy atom. The van der Waals surface area contributed by atoms with Crippen molar-refractivity contribution < 1.29 is 9.90 Å². The lowest BCUT2D eigenvalue weighted by Gasteiger charge is -2.16. The quantitative estimate of drug-likeness (QED) is 0.794. The Morgan fingerprint density at radius 1 is 1.38 bits per heavy atom. The Bertz CT molecular complexity index is 693. The molecule has 0 aliphatic heterocycles. The topological polar surface area (TPSA) is 97.9 Å². The molecule has 2 saturated carbocycles. The largest absolute Gasteiger partial charge is 0.391 e. The summed E-state index contributed by atoms with van der Waals surface area (Å²) in [6.07, 6.45) is 10.6. The van der Waals surface area contributed by atoms with Crippen molar-refractivity contribution in [1.82, 2.24) is 29.9 Å². The van der Waals surface area contributed by atoms with E-state index in [2.05, 4.69) is 20.6 Å². The van der Waals surface area contributed by atoms with E-state index in [-0.39, 0.29) is 18.5 Å². The van der Waals surface area contributed by atoms with Gasteiger partial charge in [0.1, 0.15) is 6.54 Å². The molecule has 0 aromatic carbocycles. The summed E-state index contributed by atoms with van der Waals surface area (Å²) in [5.74, 6) is 0.740. The molecule has 2 fully saturated rings. The number of nitrogens with one attached hydrogen (secondary N) is 1. The molecule has 128 valence electrons. The van der Waals surface area contributed by atoms with Crippen LogP contribution >= 0.6 is 0 Å². The van der Waals surface area contributed by atoms with E-state index in [0.717, 1.165) is 31.5 Å². The molecule has 24 heavy (non-hydrogen) atoms. The Labute approximate surface area is 139 Å². The average molecular weight is 330 g/mol. The van der Waals surface area contributed by atoms with Gasteiger partial charge in [-0.25, -0.2) is 9.67 Å². The monoisotopic (exact) mass is 330 g/mol. The van der Waals surface area contributed by atoms with Gasteiger partial charge in [0, 0.05) is 31.1 Å². The van der Waals surface area contributed by atoms with E-state index in [1.807, 2.05) is 17.0 Å². The molecule has 4 rings (SSSR count). The van der Waals surface area contributed by atoms with E-state index < -0.39 is 6.10 Å². The number of hydrogen-bond acceptors (Lipinski definition) is 5. The molecule has 0 spiro atoms. The number of aromatic nitrogens is 5. The maximum absolute atomic E-state index is 12.2. The van der Waals surface area contributed by atoms with E-state index in [1.165, 1.54) is 0 Å². The van der Waals surface area contributed by atoms with Crippen molar-refractivity contribution in [3.05, 3.63) is 30.6 Å². The van der Waals surface area contributed by atoms with Gasteiger partial charge in [-0.2, -0.15) is 0 Å². The summed E-state index contributed by atoms with van der Waals surface area (Å²) in [5, 5.41) is 21.3. The maximum Gasteiger partial charge on any atom is 0.242 e. The highest BCUT2D eigenvalue weighted by atomic mass is 16.3. The predicted molar refractivity (Wildman–Crippen MR) is 84.9 cm³/mol. The number of amides is 1. The fourth-order valence-corrected chi connectivity index (χ4v) is 3.47. The van der Waals surface area contributed by atoms with Crippen LogP contribution in [0.25, 0.3) is 0 Å². The molecule has 2 aromatic rings. The molecular weight excluding hydrogens is 308 g/mol. The Balaban J connectivity index is 1.28. The Morgan fingerprint density at radius 3 is 3.00 bits per heavy atom. The minimum Gasteiger partial charge on any atom is -0.391 e. The van der Waals surface area contributed by atoms with Crippen LogP contribution in [0.2, 0.25) is 0 Å².